The Morgan fingerprint density at radius 1 is 1.29 bits per heavy atom. The summed E-state index contributed by atoms with van der Waals surface area (Å²) in [5, 5.41) is 0.628. The molecule has 5 nitrogen and oxygen atoms in total. The van der Waals surface area contributed by atoms with Gasteiger partial charge in [0.05, 0.1) is 28.5 Å². The van der Waals surface area contributed by atoms with Crippen LogP contribution in [0.15, 0.2) is 74.1 Å². The van der Waals surface area contributed by atoms with E-state index in [1.807, 2.05) is 42.5 Å². The van der Waals surface area contributed by atoms with Crippen molar-refractivity contribution in [1.29, 1.82) is 0 Å². The number of nitrogens with zero attached hydrogens (tertiary/aromatic N) is 2. The van der Waals surface area contributed by atoms with E-state index in [2.05, 4.69) is 20.9 Å². The fourth-order valence-electron chi connectivity index (χ4n) is 3.49. The van der Waals surface area contributed by atoms with Crippen LogP contribution in [0, 0.1) is 0 Å². The van der Waals surface area contributed by atoms with Crippen LogP contribution in [0.4, 0.5) is 0 Å². The second-order valence-electron chi connectivity index (χ2n) is 6.91. The number of benzene rings is 2. The summed E-state index contributed by atoms with van der Waals surface area (Å²) < 4.78 is 8.26. The third-order valence-corrected chi connectivity index (χ3v) is 6.58. The predicted octanol–water partition coefficient (Wildman–Crippen LogP) is 4.21. The lowest BCUT2D eigenvalue weighted by Crippen LogP contribution is -2.39. The standard InChI is InChI=1S/C23H18BrClN2O3S/c1-3-30-22(29)19-13(2)26-23-27(20(19)15-5-4-6-16(24)12-15)21(28)18(31-23)11-14-7-9-17(25)10-8-14/h4-12,20H,3H2,1-2H3. The first-order valence-electron chi connectivity index (χ1n) is 9.59. The smallest absolute Gasteiger partial charge is 0.338 e. The molecule has 0 aliphatic carbocycles. The summed E-state index contributed by atoms with van der Waals surface area (Å²) in [6, 6.07) is 14.2. The van der Waals surface area contributed by atoms with E-state index in [9.17, 15) is 9.59 Å². The van der Waals surface area contributed by atoms with E-state index < -0.39 is 12.0 Å². The first kappa shape index (κ1) is 21.7. The molecule has 2 aromatic carbocycles. The quantitative estimate of drug-likeness (QED) is 0.487. The molecule has 0 spiro atoms. The van der Waals surface area contributed by atoms with E-state index in [4.69, 9.17) is 16.3 Å². The normalized spacial score (nSPS) is 16.1. The second kappa shape index (κ2) is 8.94. The molecule has 0 fully saturated rings. The minimum absolute atomic E-state index is 0.210. The summed E-state index contributed by atoms with van der Waals surface area (Å²) >= 11 is 10.7. The van der Waals surface area contributed by atoms with Gasteiger partial charge in [-0.15, -0.1) is 0 Å². The summed E-state index contributed by atoms with van der Waals surface area (Å²) in [6.07, 6.45) is 1.81. The summed E-state index contributed by atoms with van der Waals surface area (Å²) in [5.41, 5.74) is 2.35. The van der Waals surface area contributed by atoms with E-state index in [1.165, 1.54) is 11.3 Å². The molecular weight excluding hydrogens is 500 g/mol. The fraction of sp³-hybridized carbons (Fsp3) is 0.174. The maximum Gasteiger partial charge on any atom is 0.338 e. The highest BCUT2D eigenvalue weighted by molar-refractivity contribution is 9.10. The summed E-state index contributed by atoms with van der Waals surface area (Å²) in [7, 11) is 0. The van der Waals surface area contributed by atoms with Crippen molar-refractivity contribution in [3.63, 3.8) is 0 Å². The highest BCUT2D eigenvalue weighted by Crippen LogP contribution is 2.31. The number of rotatable bonds is 4. The molecule has 2 heterocycles. The average molecular weight is 518 g/mol. The van der Waals surface area contributed by atoms with Crippen molar-refractivity contribution in [3.05, 3.63) is 100 Å². The highest BCUT2D eigenvalue weighted by atomic mass is 79.9. The Hall–Kier alpha value is -2.48. The molecule has 1 aromatic heterocycles. The SMILES string of the molecule is CCOC(=O)C1=C(C)N=c2sc(=Cc3ccc(Cl)cc3)c(=O)n2C1c1cccc(Br)c1. The van der Waals surface area contributed by atoms with Crippen LogP contribution in [0.5, 0.6) is 0 Å². The average Bonchev–Trinajstić information content (AvgIpc) is 3.03. The van der Waals surface area contributed by atoms with Crippen molar-refractivity contribution in [2.45, 2.75) is 19.9 Å². The largest absolute Gasteiger partial charge is 0.463 e. The second-order valence-corrected chi connectivity index (χ2v) is 9.27. The number of aromatic nitrogens is 1. The highest BCUT2D eigenvalue weighted by Gasteiger charge is 2.33. The van der Waals surface area contributed by atoms with Gasteiger partial charge in [-0.05, 0) is 55.3 Å². The van der Waals surface area contributed by atoms with Crippen LogP contribution in [0.25, 0.3) is 6.08 Å². The van der Waals surface area contributed by atoms with Crippen molar-refractivity contribution in [3.8, 4) is 0 Å². The Bertz CT molecular complexity index is 1370. The Morgan fingerprint density at radius 3 is 2.71 bits per heavy atom. The van der Waals surface area contributed by atoms with E-state index in [0.29, 0.717) is 25.6 Å². The van der Waals surface area contributed by atoms with Crippen molar-refractivity contribution >= 4 is 50.9 Å². The van der Waals surface area contributed by atoms with E-state index >= 15 is 0 Å². The van der Waals surface area contributed by atoms with Crippen molar-refractivity contribution < 1.29 is 9.53 Å². The molecule has 1 atom stereocenters. The summed E-state index contributed by atoms with van der Waals surface area (Å²) in [4.78, 5) is 31.4. The van der Waals surface area contributed by atoms with Crippen molar-refractivity contribution in [2.24, 2.45) is 4.99 Å². The minimum atomic E-state index is -0.625. The molecule has 0 bridgehead atoms. The molecule has 0 saturated carbocycles. The molecule has 1 unspecified atom stereocenters. The predicted molar refractivity (Wildman–Crippen MR) is 126 cm³/mol. The number of carbonyl (C=O) groups excluding carboxylic acids is 1. The number of hydrogen-bond acceptors (Lipinski definition) is 5. The third-order valence-electron chi connectivity index (χ3n) is 4.85. The Kier molecular flexibility index (Phi) is 6.27. The zero-order valence-corrected chi connectivity index (χ0v) is 19.9. The number of esters is 1. The van der Waals surface area contributed by atoms with Gasteiger partial charge in [-0.25, -0.2) is 9.79 Å². The number of ether oxygens (including phenoxy) is 1. The van der Waals surface area contributed by atoms with Gasteiger partial charge in [-0.3, -0.25) is 9.36 Å². The van der Waals surface area contributed by atoms with Gasteiger partial charge in [-0.2, -0.15) is 0 Å². The van der Waals surface area contributed by atoms with Gasteiger partial charge >= 0.3 is 5.97 Å². The molecule has 0 saturated heterocycles. The molecule has 0 N–H and O–H groups in total. The molecule has 8 heteroatoms. The molecule has 1 aliphatic rings. The van der Waals surface area contributed by atoms with Crippen LogP contribution in [-0.4, -0.2) is 17.1 Å². The van der Waals surface area contributed by atoms with E-state index in [1.54, 1.807) is 30.5 Å². The molecule has 3 aromatic rings. The van der Waals surface area contributed by atoms with Crippen LogP contribution in [-0.2, 0) is 9.53 Å². The van der Waals surface area contributed by atoms with Gasteiger partial charge in [0.2, 0.25) is 0 Å². The molecule has 31 heavy (non-hydrogen) atoms. The lowest BCUT2D eigenvalue weighted by molar-refractivity contribution is -0.139. The van der Waals surface area contributed by atoms with Gasteiger partial charge in [0.1, 0.15) is 0 Å². The number of hydrogen-bond donors (Lipinski definition) is 0. The van der Waals surface area contributed by atoms with Gasteiger partial charge < -0.3 is 4.74 Å². The molecular formula is C23H18BrClN2O3S. The van der Waals surface area contributed by atoms with Crippen LogP contribution < -0.4 is 14.9 Å². The molecule has 0 radical (unpaired) electrons. The number of thiazole rings is 1. The first-order chi connectivity index (χ1) is 14.9. The summed E-state index contributed by atoms with van der Waals surface area (Å²) in [6.45, 7) is 3.76. The maximum atomic E-state index is 13.5. The lowest BCUT2D eigenvalue weighted by Gasteiger charge is -2.24. The van der Waals surface area contributed by atoms with Crippen LogP contribution in [0.2, 0.25) is 5.02 Å². The monoisotopic (exact) mass is 516 g/mol. The van der Waals surface area contributed by atoms with Crippen LogP contribution >= 0.6 is 38.9 Å². The third kappa shape index (κ3) is 4.31. The molecule has 1 aliphatic heterocycles. The Morgan fingerprint density at radius 2 is 2.03 bits per heavy atom. The molecule has 0 amide bonds. The zero-order chi connectivity index (χ0) is 22.1. The van der Waals surface area contributed by atoms with Gasteiger partial charge in [-0.1, -0.05) is 63.1 Å². The van der Waals surface area contributed by atoms with E-state index in [-0.39, 0.29) is 12.2 Å². The van der Waals surface area contributed by atoms with Gasteiger partial charge in [0.25, 0.3) is 5.56 Å². The Labute approximate surface area is 196 Å². The Balaban J connectivity index is 1.96. The number of halogens is 2. The number of carbonyl (C=O) groups is 1. The fourth-order valence-corrected chi connectivity index (χ4v) is 5.08. The summed E-state index contributed by atoms with van der Waals surface area (Å²) in [5.74, 6) is -0.472. The first-order valence-corrected chi connectivity index (χ1v) is 11.6. The maximum absolute atomic E-state index is 13.5. The number of fused-ring (bicyclic) bond motifs is 1. The van der Waals surface area contributed by atoms with Crippen molar-refractivity contribution in [1.82, 2.24) is 4.57 Å². The minimum Gasteiger partial charge on any atom is -0.463 e. The van der Waals surface area contributed by atoms with Gasteiger partial charge in [0.15, 0.2) is 4.80 Å². The zero-order valence-electron chi connectivity index (χ0n) is 16.8. The van der Waals surface area contributed by atoms with Gasteiger partial charge in [0, 0.05) is 9.50 Å². The lowest BCUT2D eigenvalue weighted by atomic mass is 9.96. The topological polar surface area (TPSA) is 60.7 Å². The van der Waals surface area contributed by atoms with Crippen LogP contribution in [0.1, 0.15) is 31.0 Å². The van der Waals surface area contributed by atoms with E-state index in [0.717, 1.165) is 15.6 Å². The number of allylic oxidation sites excluding steroid dienone is 1. The van der Waals surface area contributed by atoms with Crippen molar-refractivity contribution in [2.75, 3.05) is 6.61 Å². The van der Waals surface area contributed by atoms with Crippen LogP contribution in [0.3, 0.4) is 0 Å². The molecule has 158 valence electrons. The molecule has 4 rings (SSSR count).